The molecule has 0 fully saturated rings. The van der Waals surface area contributed by atoms with Crippen LogP contribution < -0.4 is 4.74 Å². The number of carbonyl (C=O) groups excluding carboxylic acids is 1. The Morgan fingerprint density at radius 1 is 1.10 bits per heavy atom. The van der Waals surface area contributed by atoms with Crippen LogP contribution in [0, 0.1) is 0 Å². The van der Waals surface area contributed by atoms with Crippen molar-refractivity contribution < 1.29 is 14.3 Å². The second-order valence-corrected chi connectivity index (χ2v) is 4.71. The number of rotatable bonds is 6. The van der Waals surface area contributed by atoms with E-state index < -0.39 is 0 Å². The highest BCUT2D eigenvalue weighted by atomic mass is 16.5. The first-order valence-electron chi connectivity index (χ1n) is 7.00. The summed E-state index contributed by atoms with van der Waals surface area (Å²) in [6.45, 7) is 2.77. The topological polar surface area (TPSA) is 35.5 Å². The molecule has 3 nitrogen and oxygen atoms in total. The van der Waals surface area contributed by atoms with Gasteiger partial charge in [-0.3, -0.25) is 0 Å². The van der Waals surface area contributed by atoms with Gasteiger partial charge in [-0.05, 0) is 23.3 Å². The van der Waals surface area contributed by atoms with Crippen molar-refractivity contribution in [2.24, 2.45) is 0 Å². The Balaban J connectivity index is 2.35. The molecule has 0 unspecified atom stereocenters. The van der Waals surface area contributed by atoms with Gasteiger partial charge in [0.2, 0.25) is 0 Å². The van der Waals surface area contributed by atoms with Gasteiger partial charge in [-0.15, -0.1) is 0 Å². The van der Waals surface area contributed by atoms with Gasteiger partial charge in [0.15, 0.2) is 0 Å². The fraction of sp³-hybridized carbons (Fsp3) is 0.353. The van der Waals surface area contributed by atoms with E-state index in [1.165, 1.54) is 7.11 Å². The third-order valence-electron chi connectivity index (χ3n) is 3.29. The molecule has 0 aliphatic heterocycles. The Morgan fingerprint density at radius 2 is 1.90 bits per heavy atom. The van der Waals surface area contributed by atoms with E-state index in [0.717, 1.165) is 30.0 Å². The zero-order valence-corrected chi connectivity index (χ0v) is 12.0. The first-order valence-corrected chi connectivity index (χ1v) is 7.00. The highest BCUT2D eigenvalue weighted by Gasteiger charge is 2.16. The predicted octanol–water partition coefficient (Wildman–Crippen LogP) is 4.20. The maximum atomic E-state index is 12.0. The number of benzene rings is 2. The third kappa shape index (κ3) is 3.10. The molecule has 0 radical (unpaired) electrons. The van der Waals surface area contributed by atoms with E-state index in [1.807, 2.05) is 36.4 Å². The molecule has 20 heavy (non-hydrogen) atoms. The molecule has 0 N–H and O–H groups in total. The molecule has 0 bridgehead atoms. The summed E-state index contributed by atoms with van der Waals surface area (Å²) in [6, 6.07) is 11.6. The van der Waals surface area contributed by atoms with Gasteiger partial charge in [0.05, 0.1) is 13.7 Å². The number of ether oxygens (including phenoxy) is 2. The van der Waals surface area contributed by atoms with Crippen LogP contribution in [0.3, 0.4) is 0 Å². The Kier molecular flexibility index (Phi) is 4.99. The predicted molar refractivity (Wildman–Crippen MR) is 80.3 cm³/mol. The zero-order chi connectivity index (χ0) is 14.4. The zero-order valence-electron chi connectivity index (χ0n) is 12.0. The second kappa shape index (κ2) is 6.94. The number of carbonyl (C=O) groups is 1. The van der Waals surface area contributed by atoms with Crippen molar-refractivity contribution in [2.45, 2.75) is 26.2 Å². The smallest absolute Gasteiger partial charge is 0.342 e. The third-order valence-corrected chi connectivity index (χ3v) is 3.29. The van der Waals surface area contributed by atoms with Crippen LogP contribution in [0.5, 0.6) is 5.75 Å². The van der Waals surface area contributed by atoms with Crippen molar-refractivity contribution in [3.05, 3.63) is 42.0 Å². The van der Waals surface area contributed by atoms with Gasteiger partial charge in [-0.2, -0.15) is 0 Å². The molecule has 0 spiro atoms. The van der Waals surface area contributed by atoms with Gasteiger partial charge >= 0.3 is 5.97 Å². The number of hydrogen-bond acceptors (Lipinski definition) is 3. The standard InChI is InChI=1S/C17H20O3/c1-3-4-7-12-20-15-11-10-13-8-5-6-9-14(13)16(15)17(18)19-2/h5-6,8-11H,3-4,7,12H2,1-2H3. The fourth-order valence-electron chi connectivity index (χ4n) is 2.22. The summed E-state index contributed by atoms with van der Waals surface area (Å²) in [5, 5.41) is 1.88. The molecule has 0 amide bonds. The van der Waals surface area contributed by atoms with E-state index in [2.05, 4.69) is 6.92 Å². The van der Waals surface area contributed by atoms with E-state index in [4.69, 9.17) is 9.47 Å². The maximum absolute atomic E-state index is 12.0. The lowest BCUT2D eigenvalue weighted by atomic mass is 10.0. The van der Waals surface area contributed by atoms with Crippen LogP contribution in [0.1, 0.15) is 36.5 Å². The molecule has 2 aromatic carbocycles. The number of esters is 1. The minimum absolute atomic E-state index is 0.354. The van der Waals surface area contributed by atoms with Crippen molar-refractivity contribution in [1.82, 2.24) is 0 Å². The Morgan fingerprint density at radius 3 is 2.65 bits per heavy atom. The number of hydrogen-bond donors (Lipinski definition) is 0. The van der Waals surface area contributed by atoms with E-state index in [9.17, 15) is 4.79 Å². The Labute approximate surface area is 119 Å². The van der Waals surface area contributed by atoms with Gasteiger partial charge in [0.1, 0.15) is 11.3 Å². The van der Waals surface area contributed by atoms with Crippen LogP contribution in [0.2, 0.25) is 0 Å². The van der Waals surface area contributed by atoms with Crippen molar-refractivity contribution in [2.75, 3.05) is 13.7 Å². The van der Waals surface area contributed by atoms with E-state index in [-0.39, 0.29) is 5.97 Å². The van der Waals surface area contributed by atoms with E-state index >= 15 is 0 Å². The van der Waals surface area contributed by atoms with Gasteiger partial charge in [-0.25, -0.2) is 4.79 Å². The van der Waals surface area contributed by atoms with Gasteiger partial charge in [0.25, 0.3) is 0 Å². The Hall–Kier alpha value is -2.03. The fourth-order valence-corrected chi connectivity index (χ4v) is 2.22. The van der Waals surface area contributed by atoms with Crippen LogP contribution in [0.25, 0.3) is 10.8 Å². The molecule has 3 heteroatoms. The highest BCUT2D eigenvalue weighted by Crippen LogP contribution is 2.29. The average molecular weight is 272 g/mol. The summed E-state index contributed by atoms with van der Waals surface area (Å²) in [5.41, 5.74) is 0.516. The monoisotopic (exact) mass is 272 g/mol. The van der Waals surface area contributed by atoms with Crippen LogP contribution >= 0.6 is 0 Å². The SMILES string of the molecule is CCCCCOc1ccc2ccccc2c1C(=O)OC. The lowest BCUT2D eigenvalue weighted by Crippen LogP contribution is -2.07. The molecule has 0 atom stereocenters. The summed E-state index contributed by atoms with van der Waals surface area (Å²) in [5.74, 6) is 0.249. The summed E-state index contributed by atoms with van der Waals surface area (Å²) in [6.07, 6.45) is 3.26. The summed E-state index contributed by atoms with van der Waals surface area (Å²) < 4.78 is 10.7. The molecule has 106 valence electrons. The molecule has 0 heterocycles. The summed E-state index contributed by atoms with van der Waals surface area (Å²) in [7, 11) is 1.39. The number of unbranched alkanes of at least 4 members (excludes halogenated alkanes) is 2. The minimum Gasteiger partial charge on any atom is -0.493 e. The lowest BCUT2D eigenvalue weighted by Gasteiger charge is -2.12. The molecule has 2 rings (SSSR count). The van der Waals surface area contributed by atoms with Crippen LogP contribution in [-0.2, 0) is 4.74 Å². The van der Waals surface area contributed by atoms with Crippen LogP contribution in [0.4, 0.5) is 0 Å². The molecule has 0 aliphatic rings. The average Bonchev–Trinajstić information content (AvgIpc) is 2.50. The van der Waals surface area contributed by atoms with Crippen LogP contribution in [-0.4, -0.2) is 19.7 Å². The van der Waals surface area contributed by atoms with E-state index in [0.29, 0.717) is 17.9 Å². The summed E-state index contributed by atoms with van der Waals surface area (Å²) >= 11 is 0. The first-order chi connectivity index (χ1) is 9.77. The molecule has 2 aromatic rings. The number of methoxy groups -OCH3 is 1. The second-order valence-electron chi connectivity index (χ2n) is 4.71. The highest BCUT2D eigenvalue weighted by molar-refractivity contribution is 6.07. The minimum atomic E-state index is -0.354. The quantitative estimate of drug-likeness (QED) is 0.584. The maximum Gasteiger partial charge on any atom is 0.342 e. The van der Waals surface area contributed by atoms with Gasteiger partial charge < -0.3 is 9.47 Å². The van der Waals surface area contributed by atoms with Crippen molar-refractivity contribution in [3.63, 3.8) is 0 Å². The van der Waals surface area contributed by atoms with Gasteiger partial charge in [-0.1, -0.05) is 50.1 Å². The molecule has 0 saturated carbocycles. The molecule has 0 saturated heterocycles. The molecule has 0 aromatic heterocycles. The first kappa shape index (κ1) is 14.4. The van der Waals surface area contributed by atoms with Crippen molar-refractivity contribution >= 4 is 16.7 Å². The Bertz CT molecular complexity index is 590. The normalized spacial score (nSPS) is 10.5. The van der Waals surface area contributed by atoms with Crippen LogP contribution in [0.15, 0.2) is 36.4 Å². The number of fused-ring (bicyclic) bond motifs is 1. The molecular formula is C17H20O3. The summed E-state index contributed by atoms with van der Waals surface area (Å²) in [4.78, 5) is 12.0. The van der Waals surface area contributed by atoms with Crippen molar-refractivity contribution in [1.29, 1.82) is 0 Å². The van der Waals surface area contributed by atoms with Crippen molar-refractivity contribution in [3.8, 4) is 5.75 Å². The lowest BCUT2D eigenvalue weighted by molar-refractivity contribution is 0.0598. The van der Waals surface area contributed by atoms with Gasteiger partial charge in [0, 0.05) is 0 Å². The molecule has 0 aliphatic carbocycles. The van der Waals surface area contributed by atoms with E-state index in [1.54, 1.807) is 0 Å². The molecular weight excluding hydrogens is 252 g/mol. The largest absolute Gasteiger partial charge is 0.493 e.